The molecule has 1 amide bonds. The van der Waals surface area contributed by atoms with Gasteiger partial charge in [0.2, 0.25) is 0 Å². The summed E-state index contributed by atoms with van der Waals surface area (Å²) in [6, 6.07) is 4.66. The quantitative estimate of drug-likeness (QED) is 0.791. The van der Waals surface area contributed by atoms with Gasteiger partial charge in [0.05, 0.1) is 5.56 Å². The molecule has 15 heavy (non-hydrogen) atoms. The molecule has 0 aliphatic rings. The molecule has 0 atom stereocenters. The van der Waals surface area contributed by atoms with Crippen molar-refractivity contribution in [3.8, 4) is 0 Å². The highest BCUT2D eigenvalue weighted by Gasteiger charge is 2.07. The first-order valence-electron chi connectivity index (χ1n) is 4.09. The number of nitrogens with one attached hydrogen (secondary N) is 1. The van der Waals surface area contributed by atoms with Gasteiger partial charge in [0.25, 0.3) is 5.91 Å². The van der Waals surface area contributed by atoms with E-state index in [-0.39, 0.29) is 5.91 Å². The van der Waals surface area contributed by atoms with Gasteiger partial charge in [-0.15, -0.1) is 0 Å². The summed E-state index contributed by atoms with van der Waals surface area (Å²) < 4.78 is 4.57. The van der Waals surface area contributed by atoms with Gasteiger partial charge in [0, 0.05) is 12.3 Å². The molecule has 0 saturated heterocycles. The third kappa shape index (κ3) is 2.32. The minimum atomic E-state index is -0.312. The Labute approximate surface area is 90.1 Å². The van der Waals surface area contributed by atoms with Crippen molar-refractivity contribution in [1.82, 2.24) is 10.1 Å². The van der Waals surface area contributed by atoms with Gasteiger partial charge in [-0.3, -0.25) is 4.79 Å². The van der Waals surface area contributed by atoms with E-state index in [1.165, 1.54) is 12.5 Å². The van der Waals surface area contributed by atoms with E-state index < -0.39 is 0 Å². The molecule has 1 N–H and O–H groups in total. The molecule has 0 spiro atoms. The summed E-state index contributed by atoms with van der Waals surface area (Å²) in [5.41, 5.74) is 0.405. The number of carbonyl (C=O) groups excluding carboxylic acids is 1. The van der Waals surface area contributed by atoms with Gasteiger partial charge < -0.3 is 9.84 Å². The fourth-order valence-corrected chi connectivity index (χ4v) is 1.09. The molecule has 0 unspecified atom stereocenters. The van der Waals surface area contributed by atoms with Gasteiger partial charge in [0.1, 0.15) is 11.4 Å². The molecule has 2 aromatic rings. The highest BCUT2D eigenvalue weighted by Crippen LogP contribution is 2.08. The lowest BCUT2D eigenvalue weighted by Crippen LogP contribution is -2.12. The van der Waals surface area contributed by atoms with Crippen LogP contribution in [0.1, 0.15) is 10.4 Å². The zero-order valence-electron chi connectivity index (χ0n) is 7.48. The summed E-state index contributed by atoms with van der Waals surface area (Å²) in [7, 11) is 0. The van der Waals surface area contributed by atoms with Crippen molar-refractivity contribution in [1.29, 1.82) is 0 Å². The summed E-state index contributed by atoms with van der Waals surface area (Å²) in [4.78, 5) is 15.3. The summed E-state index contributed by atoms with van der Waals surface area (Å²) in [6.07, 6.45) is 2.76. The zero-order valence-corrected chi connectivity index (χ0v) is 8.23. The van der Waals surface area contributed by atoms with Crippen molar-refractivity contribution >= 4 is 23.3 Å². The van der Waals surface area contributed by atoms with Gasteiger partial charge in [-0.2, -0.15) is 0 Å². The lowest BCUT2D eigenvalue weighted by Gasteiger charge is -2.00. The Hall–Kier alpha value is -1.88. The number of halogens is 1. The normalized spacial score (nSPS) is 9.93. The maximum absolute atomic E-state index is 11.5. The molecule has 0 fully saturated rings. The summed E-state index contributed by atoms with van der Waals surface area (Å²) in [5, 5.41) is 6.42. The molecule has 0 aliphatic heterocycles. The lowest BCUT2D eigenvalue weighted by molar-refractivity contribution is 0.102. The molecular formula is C9H6ClN3O2. The van der Waals surface area contributed by atoms with Crippen LogP contribution >= 0.6 is 11.6 Å². The molecule has 5 nitrogen and oxygen atoms in total. The van der Waals surface area contributed by atoms with Crippen molar-refractivity contribution < 1.29 is 9.32 Å². The molecule has 0 aliphatic carbocycles. The lowest BCUT2D eigenvalue weighted by atomic mass is 10.3. The highest BCUT2D eigenvalue weighted by molar-refractivity contribution is 6.29. The zero-order chi connectivity index (χ0) is 10.7. The second-order valence-corrected chi connectivity index (χ2v) is 3.10. The molecule has 0 saturated carbocycles. The van der Waals surface area contributed by atoms with Crippen LogP contribution in [-0.4, -0.2) is 16.0 Å². The molecule has 2 heterocycles. The Morgan fingerprint density at radius 2 is 2.27 bits per heavy atom. The largest absolute Gasteiger partial charge is 0.363 e. The number of rotatable bonds is 2. The van der Waals surface area contributed by atoms with Gasteiger partial charge in [-0.05, 0) is 12.1 Å². The minimum absolute atomic E-state index is 0.312. The Morgan fingerprint density at radius 1 is 1.40 bits per heavy atom. The van der Waals surface area contributed by atoms with E-state index in [9.17, 15) is 4.79 Å². The standard InChI is InChI=1S/C9H6ClN3O2/c10-7-2-1-6(5-11-7)9(14)12-8-3-4-15-13-8/h1-5H,(H,12,13,14). The molecule has 0 radical (unpaired) electrons. The monoisotopic (exact) mass is 223 g/mol. The number of nitrogens with zero attached hydrogens (tertiary/aromatic N) is 2. The van der Waals surface area contributed by atoms with Crippen LogP contribution in [0, 0.1) is 0 Å². The third-order valence-corrected chi connectivity index (χ3v) is 1.89. The van der Waals surface area contributed by atoms with E-state index in [2.05, 4.69) is 20.0 Å². The average molecular weight is 224 g/mol. The molecule has 2 aromatic heterocycles. The van der Waals surface area contributed by atoms with Crippen LogP contribution in [0.2, 0.25) is 5.15 Å². The van der Waals surface area contributed by atoms with Crippen molar-refractivity contribution in [2.45, 2.75) is 0 Å². The molecule has 0 bridgehead atoms. The molecular weight excluding hydrogens is 218 g/mol. The maximum Gasteiger partial charge on any atom is 0.258 e. The number of aromatic nitrogens is 2. The van der Waals surface area contributed by atoms with Gasteiger partial charge in [-0.1, -0.05) is 16.8 Å². The van der Waals surface area contributed by atoms with Crippen LogP contribution < -0.4 is 5.32 Å². The van der Waals surface area contributed by atoms with Crippen LogP contribution in [-0.2, 0) is 0 Å². The number of amides is 1. The molecule has 2 rings (SSSR count). The number of hydrogen-bond donors (Lipinski definition) is 1. The van der Waals surface area contributed by atoms with E-state index in [1.54, 1.807) is 18.2 Å². The predicted molar refractivity (Wildman–Crippen MR) is 53.7 cm³/mol. The van der Waals surface area contributed by atoms with Crippen LogP contribution in [0.5, 0.6) is 0 Å². The highest BCUT2D eigenvalue weighted by atomic mass is 35.5. The first kappa shape index (κ1) is 9.67. The Morgan fingerprint density at radius 3 is 2.87 bits per heavy atom. The van der Waals surface area contributed by atoms with Gasteiger partial charge >= 0.3 is 0 Å². The van der Waals surface area contributed by atoms with Crippen molar-refractivity contribution in [2.75, 3.05) is 5.32 Å². The van der Waals surface area contributed by atoms with Crippen molar-refractivity contribution in [3.63, 3.8) is 0 Å². The van der Waals surface area contributed by atoms with E-state index in [1.807, 2.05) is 0 Å². The Bertz CT molecular complexity index is 453. The minimum Gasteiger partial charge on any atom is -0.363 e. The fourth-order valence-electron chi connectivity index (χ4n) is 0.976. The molecule has 6 heteroatoms. The van der Waals surface area contributed by atoms with Gasteiger partial charge in [0.15, 0.2) is 5.82 Å². The first-order valence-corrected chi connectivity index (χ1v) is 4.47. The fraction of sp³-hybridized carbons (Fsp3) is 0. The van der Waals surface area contributed by atoms with E-state index in [0.717, 1.165) is 0 Å². The Balaban J connectivity index is 2.11. The van der Waals surface area contributed by atoms with Crippen molar-refractivity contribution in [3.05, 3.63) is 41.4 Å². The van der Waals surface area contributed by atoms with Crippen molar-refractivity contribution in [2.24, 2.45) is 0 Å². The van der Waals surface area contributed by atoms with E-state index >= 15 is 0 Å². The van der Waals surface area contributed by atoms with Crippen LogP contribution in [0.3, 0.4) is 0 Å². The number of pyridine rings is 1. The third-order valence-electron chi connectivity index (χ3n) is 1.67. The maximum atomic E-state index is 11.5. The van der Waals surface area contributed by atoms with Crippen LogP contribution in [0.15, 0.2) is 35.2 Å². The predicted octanol–water partition coefficient (Wildman–Crippen LogP) is 1.98. The Kier molecular flexibility index (Phi) is 2.64. The molecule has 0 aromatic carbocycles. The number of anilines is 1. The summed E-state index contributed by atoms with van der Waals surface area (Å²) >= 11 is 5.59. The smallest absolute Gasteiger partial charge is 0.258 e. The first-order chi connectivity index (χ1) is 7.25. The second-order valence-electron chi connectivity index (χ2n) is 2.71. The topological polar surface area (TPSA) is 68.0 Å². The van der Waals surface area contributed by atoms with E-state index in [4.69, 9.17) is 11.6 Å². The van der Waals surface area contributed by atoms with E-state index in [0.29, 0.717) is 16.5 Å². The number of carbonyl (C=O) groups is 1. The van der Waals surface area contributed by atoms with Gasteiger partial charge in [-0.25, -0.2) is 4.98 Å². The summed E-state index contributed by atoms with van der Waals surface area (Å²) in [5.74, 6) is 0.0445. The SMILES string of the molecule is O=C(Nc1ccon1)c1ccc(Cl)nc1. The van der Waals surface area contributed by atoms with Crippen LogP contribution in [0.4, 0.5) is 5.82 Å². The average Bonchev–Trinajstić information content (AvgIpc) is 2.71. The second kappa shape index (κ2) is 4.10. The van der Waals surface area contributed by atoms with Crippen LogP contribution in [0.25, 0.3) is 0 Å². The summed E-state index contributed by atoms with van der Waals surface area (Å²) in [6.45, 7) is 0. The molecule has 76 valence electrons. The number of hydrogen-bond acceptors (Lipinski definition) is 4.